The number of halogens is 3. The first kappa shape index (κ1) is 21.6. The number of hydrogen-bond donors (Lipinski definition) is 0. The van der Waals surface area contributed by atoms with Crippen LogP contribution >= 0.6 is 27.5 Å². The van der Waals surface area contributed by atoms with Gasteiger partial charge in [-0.2, -0.15) is 0 Å². The van der Waals surface area contributed by atoms with Crippen molar-refractivity contribution in [2.75, 3.05) is 6.61 Å². The average Bonchev–Trinajstić information content (AvgIpc) is 3.08. The van der Waals surface area contributed by atoms with Gasteiger partial charge in [0.15, 0.2) is 8.32 Å². The molecule has 0 aliphatic carbocycles. The molecule has 2 heterocycles. The Morgan fingerprint density at radius 2 is 2.00 bits per heavy atom. The van der Waals surface area contributed by atoms with Gasteiger partial charge in [0.2, 0.25) is 0 Å². The minimum Gasteiger partial charge on any atom is -0.414 e. The van der Waals surface area contributed by atoms with Crippen LogP contribution in [0.5, 0.6) is 0 Å². The van der Waals surface area contributed by atoms with E-state index in [4.69, 9.17) is 16.0 Å². The molecule has 1 atom stereocenters. The molecule has 28 heavy (non-hydrogen) atoms. The molecule has 0 unspecified atom stereocenters. The van der Waals surface area contributed by atoms with Crippen molar-refractivity contribution in [3.8, 4) is 0 Å². The predicted molar refractivity (Wildman–Crippen MR) is 116 cm³/mol. The third-order valence-corrected chi connectivity index (χ3v) is 11.0. The molecule has 152 valence electrons. The van der Waals surface area contributed by atoms with Crippen LogP contribution in [-0.4, -0.2) is 30.4 Å². The first-order valence-electron chi connectivity index (χ1n) is 9.17. The predicted octanol–water partition coefficient (Wildman–Crippen LogP) is 6.59. The summed E-state index contributed by atoms with van der Waals surface area (Å²) in [5.41, 5.74) is 1.67. The average molecular weight is 488 g/mol. The summed E-state index contributed by atoms with van der Waals surface area (Å²) in [6, 6.07) is 6.07. The van der Waals surface area contributed by atoms with E-state index in [2.05, 4.69) is 49.8 Å². The zero-order chi connectivity index (χ0) is 20.9. The molecule has 1 amide bonds. The van der Waals surface area contributed by atoms with E-state index in [0.29, 0.717) is 13.2 Å². The highest BCUT2D eigenvalue weighted by molar-refractivity contribution is 9.10. The van der Waals surface area contributed by atoms with Crippen LogP contribution in [0.25, 0.3) is 0 Å². The molecule has 3 rings (SSSR count). The van der Waals surface area contributed by atoms with Crippen molar-refractivity contribution in [1.82, 2.24) is 9.47 Å². The summed E-state index contributed by atoms with van der Waals surface area (Å²) in [6.45, 7) is 11.7. The molecule has 0 fully saturated rings. The number of amides is 1. The van der Waals surface area contributed by atoms with Gasteiger partial charge in [0, 0.05) is 16.4 Å². The molecule has 0 spiro atoms. The van der Waals surface area contributed by atoms with Gasteiger partial charge < -0.3 is 9.33 Å². The van der Waals surface area contributed by atoms with E-state index in [-0.39, 0.29) is 22.1 Å². The minimum absolute atomic E-state index is 0.0448. The van der Waals surface area contributed by atoms with Gasteiger partial charge in [0.1, 0.15) is 5.82 Å². The van der Waals surface area contributed by atoms with Crippen molar-refractivity contribution in [3.05, 3.63) is 57.0 Å². The van der Waals surface area contributed by atoms with Crippen molar-refractivity contribution < 1.29 is 13.6 Å². The second kappa shape index (κ2) is 7.59. The summed E-state index contributed by atoms with van der Waals surface area (Å²) in [7, 11) is -2.03. The third-order valence-electron chi connectivity index (χ3n) is 5.76. The first-order chi connectivity index (χ1) is 12.9. The highest BCUT2D eigenvalue weighted by atomic mass is 79.9. The maximum absolute atomic E-state index is 13.7. The molecule has 0 radical (unpaired) electrons. The molecule has 0 saturated carbocycles. The van der Waals surface area contributed by atoms with Crippen molar-refractivity contribution >= 4 is 41.9 Å². The number of aromatic nitrogens is 1. The Bertz CT molecular complexity index is 910. The second-order valence-corrected chi connectivity index (χ2v) is 14.8. The van der Waals surface area contributed by atoms with E-state index in [1.165, 1.54) is 6.07 Å². The maximum atomic E-state index is 13.7. The van der Waals surface area contributed by atoms with E-state index in [0.717, 1.165) is 15.7 Å². The molecule has 0 N–H and O–H groups in total. The zero-order valence-corrected chi connectivity index (χ0v) is 20.1. The normalized spacial score (nSPS) is 15.9. The molecule has 1 aromatic heterocycles. The number of rotatable bonds is 5. The lowest BCUT2D eigenvalue weighted by Gasteiger charge is -2.38. The molecule has 0 bridgehead atoms. The smallest absolute Gasteiger partial charge is 0.329 e. The lowest BCUT2D eigenvalue weighted by molar-refractivity contribution is 0.144. The highest BCUT2D eigenvalue weighted by Crippen LogP contribution is 2.39. The summed E-state index contributed by atoms with van der Waals surface area (Å²) in [6.07, 6.45) is 1.76. The molecule has 1 aromatic carbocycles. The van der Waals surface area contributed by atoms with Gasteiger partial charge >= 0.3 is 6.03 Å². The fourth-order valence-corrected chi connectivity index (χ4v) is 4.65. The Morgan fingerprint density at radius 3 is 2.57 bits per heavy atom. The van der Waals surface area contributed by atoms with Crippen LogP contribution < -0.4 is 0 Å². The Hall–Kier alpha value is -1.15. The van der Waals surface area contributed by atoms with Gasteiger partial charge in [0.25, 0.3) is 0 Å². The van der Waals surface area contributed by atoms with Gasteiger partial charge in [-0.25, -0.2) is 9.18 Å². The molecule has 1 aliphatic heterocycles. The third kappa shape index (κ3) is 4.08. The quantitative estimate of drug-likeness (QED) is 0.446. The highest BCUT2D eigenvalue weighted by Gasteiger charge is 2.40. The zero-order valence-electron chi connectivity index (χ0n) is 16.7. The minimum atomic E-state index is -2.03. The van der Waals surface area contributed by atoms with Crippen molar-refractivity contribution in [1.29, 1.82) is 0 Å². The standard InChI is InChI=1S/C20H25BrClFN2O2Si/c1-20(2,3)28(4,5)27-12-18(13-6-7-17(23)16(22)8-13)25-11-15-9-14(21)10-24(15)19(25)26/h6-10,18H,11-12H2,1-5H3/t18-/m1/s1. The lowest BCUT2D eigenvalue weighted by Crippen LogP contribution is -2.44. The Kier molecular flexibility index (Phi) is 5.84. The van der Waals surface area contributed by atoms with Crippen molar-refractivity contribution in [3.63, 3.8) is 0 Å². The van der Waals surface area contributed by atoms with Crippen LogP contribution in [-0.2, 0) is 11.0 Å². The molecule has 8 heteroatoms. The van der Waals surface area contributed by atoms with E-state index >= 15 is 0 Å². The summed E-state index contributed by atoms with van der Waals surface area (Å²) in [4.78, 5) is 14.8. The SMILES string of the molecule is CC(C)(C)[Si](C)(C)OC[C@H](c1ccc(F)c(Cl)c1)N1Cc2cc(Br)cn2C1=O. The van der Waals surface area contributed by atoms with Crippen molar-refractivity contribution in [2.24, 2.45) is 0 Å². The van der Waals surface area contributed by atoms with Gasteiger partial charge in [-0.15, -0.1) is 0 Å². The molecule has 4 nitrogen and oxygen atoms in total. The number of fused-ring (bicyclic) bond motifs is 1. The molecule has 0 saturated heterocycles. The number of benzene rings is 1. The van der Waals surface area contributed by atoms with Crippen LogP contribution in [0.15, 0.2) is 34.9 Å². The first-order valence-corrected chi connectivity index (χ1v) is 13.3. The van der Waals surface area contributed by atoms with E-state index in [1.54, 1.807) is 27.8 Å². The van der Waals surface area contributed by atoms with E-state index in [9.17, 15) is 9.18 Å². The number of carbonyl (C=O) groups excluding carboxylic acids is 1. The monoisotopic (exact) mass is 486 g/mol. The molecule has 2 aromatic rings. The second-order valence-electron chi connectivity index (χ2n) is 8.69. The summed E-state index contributed by atoms with van der Waals surface area (Å²) in [5, 5.41) is 0.0900. The maximum Gasteiger partial charge on any atom is 0.329 e. The Labute approximate surface area is 179 Å². The summed E-state index contributed by atoms with van der Waals surface area (Å²) in [5.74, 6) is -0.475. The molecule has 1 aliphatic rings. The Morgan fingerprint density at radius 1 is 1.32 bits per heavy atom. The number of nitrogens with zero attached hydrogens (tertiary/aromatic N) is 2. The summed E-state index contributed by atoms with van der Waals surface area (Å²) < 4.78 is 22.6. The van der Waals surface area contributed by atoms with Gasteiger partial charge in [-0.1, -0.05) is 38.4 Å². The molecular weight excluding hydrogens is 463 g/mol. The van der Waals surface area contributed by atoms with Crippen LogP contribution in [0.2, 0.25) is 23.2 Å². The van der Waals surface area contributed by atoms with Crippen LogP contribution in [0, 0.1) is 5.82 Å². The summed E-state index contributed by atoms with van der Waals surface area (Å²) >= 11 is 9.44. The molecular formula is C20H25BrClFN2O2Si. The van der Waals surface area contributed by atoms with E-state index < -0.39 is 14.1 Å². The van der Waals surface area contributed by atoms with Gasteiger partial charge in [-0.05, 0) is 57.8 Å². The number of hydrogen-bond acceptors (Lipinski definition) is 2. The van der Waals surface area contributed by atoms with Crippen LogP contribution in [0.1, 0.15) is 38.1 Å². The van der Waals surface area contributed by atoms with Gasteiger partial charge in [-0.3, -0.25) is 4.57 Å². The van der Waals surface area contributed by atoms with E-state index in [1.807, 2.05) is 6.07 Å². The fraction of sp³-hybridized carbons (Fsp3) is 0.450. The fourth-order valence-electron chi connectivity index (χ4n) is 2.99. The Balaban J connectivity index is 1.92. The largest absolute Gasteiger partial charge is 0.414 e. The van der Waals surface area contributed by atoms with Crippen LogP contribution in [0.4, 0.5) is 9.18 Å². The topological polar surface area (TPSA) is 34.5 Å². The lowest BCUT2D eigenvalue weighted by atomic mass is 10.1. The van der Waals surface area contributed by atoms with Crippen molar-refractivity contribution in [2.45, 2.75) is 51.5 Å². The van der Waals surface area contributed by atoms with Crippen LogP contribution in [0.3, 0.4) is 0 Å². The number of carbonyl (C=O) groups is 1. The van der Waals surface area contributed by atoms with Gasteiger partial charge in [0.05, 0.1) is 24.2 Å².